The fraction of sp³-hybridized carbons (Fsp3) is 0.762. The molecule has 0 N–H and O–H groups in total. The molecule has 0 bridgehead atoms. The van der Waals surface area contributed by atoms with Gasteiger partial charge in [0, 0.05) is 54.1 Å². The lowest BCUT2D eigenvalue weighted by Crippen LogP contribution is -2.48. The highest BCUT2D eigenvalue weighted by Gasteiger charge is 2.41. The first-order chi connectivity index (χ1) is 14.8. The summed E-state index contributed by atoms with van der Waals surface area (Å²) >= 11 is 0. The van der Waals surface area contributed by atoms with Crippen molar-refractivity contribution in [1.29, 1.82) is 0 Å². The summed E-state index contributed by atoms with van der Waals surface area (Å²) in [6.45, 7) is 8.86. The number of rotatable bonds is 13. The maximum absolute atomic E-state index is 11.8. The van der Waals surface area contributed by atoms with E-state index in [0.717, 1.165) is 0 Å². The molecule has 184 valence electrons. The number of methoxy groups -OCH3 is 1. The molecule has 0 aromatic carbocycles. The SMILES string of the molecule is COC(C)[C@@H](C[C@@H](OC(C)=O)C(OC(C)=O)C(C)[C@@H](COC(C)=O)OC(C)=O)OC(C)=O. The van der Waals surface area contributed by atoms with Gasteiger partial charge in [0.1, 0.15) is 31.0 Å². The van der Waals surface area contributed by atoms with Crippen molar-refractivity contribution in [3.05, 3.63) is 0 Å². The Morgan fingerprint density at radius 1 is 0.625 bits per heavy atom. The Labute approximate surface area is 188 Å². The first-order valence-corrected chi connectivity index (χ1v) is 10.1. The van der Waals surface area contributed by atoms with Crippen LogP contribution >= 0.6 is 0 Å². The van der Waals surface area contributed by atoms with Gasteiger partial charge in [0.15, 0.2) is 0 Å². The molecule has 0 saturated heterocycles. The molecule has 3 unspecified atom stereocenters. The van der Waals surface area contributed by atoms with Crippen LogP contribution in [0.2, 0.25) is 0 Å². The van der Waals surface area contributed by atoms with Crippen molar-refractivity contribution < 1.29 is 52.4 Å². The van der Waals surface area contributed by atoms with E-state index in [1.165, 1.54) is 41.7 Å². The summed E-state index contributed by atoms with van der Waals surface area (Å²) in [5.41, 5.74) is 0. The van der Waals surface area contributed by atoms with Crippen LogP contribution in [0.4, 0.5) is 0 Å². The Hall–Kier alpha value is -2.69. The summed E-state index contributed by atoms with van der Waals surface area (Å²) in [5, 5.41) is 0. The predicted molar refractivity (Wildman–Crippen MR) is 109 cm³/mol. The van der Waals surface area contributed by atoms with E-state index in [1.807, 2.05) is 0 Å². The van der Waals surface area contributed by atoms with Gasteiger partial charge in [0.25, 0.3) is 0 Å². The van der Waals surface area contributed by atoms with Crippen LogP contribution < -0.4 is 0 Å². The number of esters is 5. The van der Waals surface area contributed by atoms with Crippen LogP contribution in [0.25, 0.3) is 0 Å². The summed E-state index contributed by atoms with van der Waals surface area (Å²) in [7, 11) is 1.42. The van der Waals surface area contributed by atoms with E-state index in [4.69, 9.17) is 28.4 Å². The van der Waals surface area contributed by atoms with Crippen LogP contribution in [0.15, 0.2) is 0 Å². The average Bonchev–Trinajstić information content (AvgIpc) is 2.65. The third-order valence-corrected chi connectivity index (χ3v) is 4.54. The smallest absolute Gasteiger partial charge is 0.303 e. The molecule has 11 heteroatoms. The van der Waals surface area contributed by atoms with Crippen molar-refractivity contribution in [1.82, 2.24) is 0 Å². The molecular formula is C21H34O11. The van der Waals surface area contributed by atoms with Gasteiger partial charge >= 0.3 is 29.8 Å². The Kier molecular flexibility index (Phi) is 13.2. The minimum absolute atomic E-state index is 0.0726. The third kappa shape index (κ3) is 11.6. The standard InChI is InChI=1S/C21H34O11/c1-11(20(31-16(6)25)10-28-13(3)22)21(32-17(7)26)19(30-15(5)24)9-18(12(2)27-8)29-14(4)23/h11-12,18-21H,9-10H2,1-8H3/t11?,12?,18-,19-,20-,21?/m1/s1. The van der Waals surface area contributed by atoms with E-state index in [1.54, 1.807) is 13.8 Å². The summed E-state index contributed by atoms with van der Waals surface area (Å²) in [5.74, 6) is -3.95. The topological polar surface area (TPSA) is 141 Å². The highest BCUT2D eigenvalue weighted by molar-refractivity contribution is 5.68. The van der Waals surface area contributed by atoms with Gasteiger partial charge in [-0.05, 0) is 6.92 Å². The zero-order valence-electron chi connectivity index (χ0n) is 19.9. The number of hydrogen-bond acceptors (Lipinski definition) is 11. The molecular weight excluding hydrogens is 428 g/mol. The average molecular weight is 462 g/mol. The Morgan fingerprint density at radius 2 is 1.06 bits per heavy atom. The van der Waals surface area contributed by atoms with E-state index >= 15 is 0 Å². The van der Waals surface area contributed by atoms with Gasteiger partial charge in [-0.3, -0.25) is 24.0 Å². The van der Waals surface area contributed by atoms with Gasteiger partial charge in [-0.1, -0.05) is 6.92 Å². The first-order valence-electron chi connectivity index (χ1n) is 10.1. The van der Waals surface area contributed by atoms with E-state index in [9.17, 15) is 24.0 Å². The predicted octanol–water partition coefficient (Wildman–Crippen LogP) is 1.34. The summed E-state index contributed by atoms with van der Waals surface area (Å²) in [4.78, 5) is 58.1. The summed E-state index contributed by atoms with van der Waals surface area (Å²) in [6, 6.07) is 0. The zero-order chi connectivity index (χ0) is 25.0. The second-order valence-corrected chi connectivity index (χ2v) is 7.36. The van der Waals surface area contributed by atoms with Crippen molar-refractivity contribution in [3.63, 3.8) is 0 Å². The minimum atomic E-state index is -1.13. The van der Waals surface area contributed by atoms with Crippen LogP contribution in [0, 0.1) is 5.92 Å². The molecule has 0 rings (SSSR count). The van der Waals surface area contributed by atoms with Crippen LogP contribution in [0.5, 0.6) is 0 Å². The molecule has 32 heavy (non-hydrogen) atoms. The molecule has 0 aliphatic carbocycles. The van der Waals surface area contributed by atoms with Gasteiger partial charge in [0.05, 0.1) is 6.10 Å². The normalized spacial score (nSPS) is 16.4. The van der Waals surface area contributed by atoms with Crippen molar-refractivity contribution in [2.24, 2.45) is 5.92 Å². The molecule has 0 amide bonds. The Morgan fingerprint density at radius 3 is 1.47 bits per heavy atom. The minimum Gasteiger partial charge on any atom is -0.462 e. The van der Waals surface area contributed by atoms with Crippen LogP contribution in [-0.2, 0) is 52.4 Å². The van der Waals surface area contributed by atoms with Gasteiger partial charge in [0.2, 0.25) is 0 Å². The van der Waals surface area contributed by atoms with Gasteiger partial charge in [-0.2, -0.15) is 0 Å². The van der Waals surface area contributed by atoms with E-state index in [0.29, 0.717) is 0 Å². The van der Waals surface area contributed by atoms with E-state index < -0.39 is 66.3 Å². The molecule has 6 atom stereocenters. The molecule has 0 aliphatic heterocycles. The maximum Gasteiger partial charge on any atom is 0.303 e. The van der Waals surface area contributed by atoms with Crippen molar-refractivity contribution in [3.8, 4) is 0 Å². The second kappa shape index (κ2) is 14.4. The summed E-state index contributed by atoms with van der Waals surface area (Å²) < 4.78 is 31.6. The second-order valence-electron chi connectivity index (χ2n) is 7.36. The van der Waals surface area contributed by atoms with Crippen molar-refractivity contribution >= 4 is 29.8 Å². The fourth-order valence-electron chi connectivity index (χ4n) is 3.02. The lowest BCUT2D eigenvalue weighted by Gasteiger charge is -2.36. The number of hydrogen-bond donors (Lipinski definition) is 0. The lowest BCUT2D eigenvalue weighted by molar-refractivity contribution is -0.187. The molecule has 11 nitrogen and oxygen atoms in total. The third-order valence-electron chi connectivity index (χ3n) is 4.54. The molecule has 0 heterocycles. The van der Waals surface area contributed by atoms with E-state index in [2.05, 4.69) is 0 Å². The molecule has 0 fully saturated rings. The van der Waals surface area contributed by atoms with Gasteiger partial charge in [-0.15, -0.1) is 0 Å². The van der Waals surface area contributed by atoms with Gasteiger partial charge < -0.3 is 28.4 Å². The van der Waals surface area contributed by atoms with Crippen molar-refractivity contribution in [2.75, 3.05) is 13.7 Å². The largest absolute Gasteiger partial charge is 0.462 e. The number of ether oxygens (including phenoxy) is 6. The Balaban J connectivity index is 6.09. The monoisotopic (exact) mass is 462 g/mol. The van der Waals surface area contributed by atoms with Crippen LogP contribution in [0.1, 0.15) is 54.9 Å². The number of carbonyl (C=O) groups excluding carboxylic acids is 5. The highest BCUT2D eigenvalue weighted by Crippen LogP contribution is 2.26. The quantitative estimate of drug-likeness (QED) is 0.289. The van der Waals surface area contributed by atoms with Crippen LogP contribution in [-0.4, -0.2) is 74.1 Å². The fourth-order valence-corrected chi connectivity index (χ4v) is 3.02. The zero-order valence-corrected chi connectivity index (χ0v) is 19.9. The van der Waals surface area contributed by atoms with Crippen molar-refractivity contribution in [2.45, 2.75) is 85.4 Å². The first kappa shape index (κ1) is 29.3. The summed E-state index contributed by atoms with van der Waals surface area (Å²) in [6.07, 6.45) is -4.71. The molecule has 0 aromatic heterocycles. The van der Waals surface area contributed by atoms with E-state index in [-0.39, 0.29) is 13.0 Å². The molecule has 0 aromatic rings. The van der Waals surface area contributed by atoms with Crippen LogP contribution in [0.3, 0.4) is 0 Å². The lowest BCUT2D eigenvalue weighted by atomic mass is 9.90. The molecule has 0 radical (unpaired) electrons. The maximum atomic E-state index is 11.8. The number of carbonyl (C=O) groups is 5. The Bertz CT molecular complexity index is 660. The molecule has 0 saturated carbocycles. The van der Waals surface area contributed by atoms with Gasteiger partial charge in [-0.25, -0.2) is 0 Å². The molecule has 0 spiro atoms. The molecule has 0 aliphatic rings. The highest BCUT2D eigenvalue weighted by atomic mass is 16.6.